The Morgan fingerprint density at radius 2 is 1.58 bits per heavy atom. The van der Waals surface area contributed by atoms with Gasteiger partial charge in [0.15, 0.2) is 0 Å². The van der Waals surface area contributed by atoms with Crippen molar-refractivity contribution in [3.05, 3.63) is 0 Å². The zero-order chi connectivity index (χ0) is 10.1. The Morgan fingerprint density at radius 3 is 1.83 bits per heavy atom. The van der Waals surface area contributed by atoms with Crippen LogP contribution in [-0.4, -0.2) is 18.2 Å². The predicted octanol–water partition coefficient (Wildman–Crippen LogP) is 3.51. The van der Waals surface area contributed by atoms with Crippen LogP contribution in [0.3, 0.4) is 0 Å². The van der Waals surface area contributed by atoms with E-state index < -0.39 is 0 Å². The van der Waals surface area contributed by atoms with Gasteiger partial charge in [-0.1, -0.05) is 34.6 Å². The lowest BCUT2D eigenvalue weighted by Crippen LogP contribution is -2.23. The molecule has 0 aromatic heterocycles. The molecule has 0 N–H and O–H groups in total. The smallest absolute Gasteiger partial charge is 0.0318 e. The summed E-state index contributed by atoms with van der Waals surface area (Å²) < 4.78 is 12.6. The molecule has 0 aromatic carbocycles. The zero-order valence-electron chi connectivity index (χ0n) is 9.39. The second kappa shape index (κ2) is 8.98. The highest BCUT2D eigenvalue weighted by atomic mass is 19.2. The minimum atomic E-state index is 0.449. The molecular weight excluding hydrogens is 153 g/mol. The van der Waals surface area contributed by atoms with Gasteiger partial charge in [-0.25, -0.2) is 0 Å². The fraction of sp³-hybridized carbons (Fsp3) is 1.00. The molecular formula is C10H24FN. The zero-order valence-corrected chi connectivity index (χ0v) is 9.39. The average molecular weight is 177 g/mol. The van der Waals surface area contributed by atoms with Crippen LogP contribution in [0.2, 0.25) is 0 Å². The first-order valence-electron chi connectivity index (χ1n) is 4.98. The normalized spacial score (nSPS) is 12.8. The van der Waals surface area contributed by atoms with Crippen LogP contribution in [0.1, 0.15) is 41.5 Å². The third-order valence-corrected chi connectivity index (χ3v) is 1.97. The molecule has 0 aromatic rings. The minimum Gasteiger partial charge on any atom is -0.146 e. The van der Waals surface area contributed by atoms with E-state index in [1.165, 1.54) is 0 Å². The molecule has 1 nitrogen and oxygen atoms in total. The summed E-state index contributed by atoms with van der Waals surface area (Å²) in [4.78, 5) is 0. The fourth-order valence-electron chi connectivity index (χ4n) is 0.652. The monoisotopic (exact) mass is 177 g/mol. The van der Waals surface area contributed by atoms with Gasteiger partial charge in [-0.3, -0.25) is 0 Å². The standard InChI is InChI=1S/C8H18FN.C2H6/c1-5-10(9)6-8(4)7(2)3;1-2/h7-8H,5-6H2,1-4H3;1-2H3. The van der Waals surface area contributed by atoms with Crippen LogP contribution < -0.4 is 0 Å². The number of rotatable bonds is 4. The summed E-state index contributed by atoms with van der Waals surface area (Å²) in [6.45, 7) is 13.2. The molecule has 0 aliphatic carbocycles. The third-order valence-electron chi connectivity index (χ3n) is 1.97. The Kier molecular flexibility index (Phi) is 10.8. The topological polar surface area (TPSA) is 3.24 Å². The molecule has 0 radical (unpaired) electrons. The highest BCUT2D eigenvalue weighted by Gasteiger charge is 2.10. The molecule has 1 unspecified atom stereocenters. The molecule has 0 aliphatic heterocycles. The molecule has 0 rings (SSSR count). The van der Waals surface area contributed by atoms with Crippen molar-refractivity contribution in [2.45, 2.75) is 41.5 Å². The quantitative estimate of drug-likeness (QED) is 0.594. The molecule has 0 spiro atoms. The Hall–Kier alpha value is -0.110. The first-order valence-corrected chi connectivity index (χ1v) is 4.98. The van der Waals surface area contributed by atoms with E-state index in [0.29, 0.717) is 24.9 Å². The first-order chi connectivity index (χ1) is 5.57. The third kappa shape index (κ3) is 7.99. The Balaban J connectivity index is 0. The van der Waals surface area contributed by atoms with Crippen LogP contribution in [-0.2, 0) is 0 Å². The lowest BCUT2D eigenvalue weighted by molar-refractivity contribution is 0.0105. The molecule has 0 bridgehead atoms. The average Bonchev–Trinajstić information content (AvgIpc) is 2.07. The van der Waals surface area contributed by atoms with Gasteiger partial charge in [0.1, 0.15) is 0 Å². The van der Waals surface area contributed by atoms with Gasteiger partial charge >= 0.3 is 0 Å². The van der Waals surface area contributed by atoms with Crippen LogP contribution >= 0.6 is 0 Å². The van der Waals surface area contributed by atoms with E-state index in [9.17, 15) is 4.48 Å². The van der Waals surface area contributed by atoms with Crippen LogP contribution in [0.25, 0.3) is 0 Å². The van der Waals surface area contributed by atoms with Crippen LogP contribution in [0.5, 0.6) is 0 Å². The number of hydrogen-bond acceptors (Lipinski definition) is 1. The van der Waals surface area contributed by atoms with E-state index in [4.69, 9.17) is 0 Å². The maximum absolute atomic E-state index is 12.6. The van der Waals surface area contributed by atoms with Gasteiger partial charge in [0.25, 0.3) is 0 Å². The van der Waals surface area contributed by atoms with Crippen molar-refractivity contribution >= 4 is 0 Å². The van der Waals surface area contributed by atoms with E-state index >= 15 is 0 Å². The number of hydrogen-bond donors (Lipinski definition) is 0. The Labute approximate surface area is 76.9 Å². The van der Waals surface area contributed by atoms with Gasteiger partial charge < -0.3 is 0 Å². The van der Waals surface area contributed by atoms with Gasteiger partial charge in [-0.15, -0.1) is 9.60 Å². The minimum absolute atomic E-state index is 0.449. The van der Waals surface area contributed by atoms with Crippen molar-refractivity contribution in [2.75, 3.05) is 13.1 Å². The van der Waals surface area contributed by atoms with Gasteiger partial charge in [0.2, 0.25) is 0 Å². The number of halogens is 1. The maximum Gasteiger partial charge on any atom is 0.0318 e. The second-order valence-electron chi connectivity index (χ2n) is 3.18. The molecule has 0 aliphatic rings. The number of nitrogens with zero attached hydrogens (tertiary/aromatic N) is 1. The summed E-state index contributed by atoms with van der Waals surface area (Å²) in [5.74, 6) is 1.02. The molecule has 0 saturated heterocycles. The summed E-state index contributed by atoms with van der Waals surface area (Å²) >= 11 is 0. The summed E-state index contributed by atoms with van der Waals surface area (Å²) in [5, 5.41) is 0.866. The molecule has 2 heteroatoms. The van der Waals surface area contributed by atoms with Crippen molar-refractivity contribution in [2.24, 2.45) is 11.8 Å². The lowest BCUT2D eigenvalue weighted by atomic mass is 9.98. The molecule has 76 valence electrons. The molecule has 0 saturated carbocycles. The van der Waals surface area contributed by atoms with E-state index in [0.717, 1.165) is 5.12 Å². The fourth-order valence-corrected chi connectivity index (χ4v) is 0.652. The van der Waals surface area contributed by atoms with E-state index in [2.05, 4.69) is 20.8 Å². The van der Waals surface area contributed by atoms with Crippen LogP contribution in [0, 0.1) is 11.8 Å². The van der Waals surface area contributed by atoms with Crippen LogP contribution in [0.15, 0.2) is 0 Å². The SMILES string of the molecule is CC.CCN(F)CC(C)C(C)C. The van der Waals surface area contributed by atoms with Crippen molar-refractivity contribution in [1.82, 2.24) is 5.12 Å². The molecule has 12 heavy (non-hydrogen) atoms. The highest BCUT2D eigenvalue weighted by Crippen LogP contribution is 2.11. The van der Waals surface area contributed by atoms with Crippen molar-refractivity contribution in [1.29, 1.82) is 0 Å². The molecule has 0 amide bonds. The highest BCUT2D eigenvalue weighted by molar-refractivity contribution is 4.58. The van der Waals surface area contributed by atoms with Gasteiger partial charge in [-0.2, -0.15) is 0 Å². The van der Waals surface area contributed by atoms with Gasteiger partial charge in [0, 0.05) is 13.1 Å². The molecule has 0 heterocycles. The predicted molar refractivity (Wildman–Crippen MR) is 53.7 cm³/mol. The van der Waals surface area contributed by atoms with E-state index in [1.54, 1.807) is 0 Å². The van der Waals surface area contributed by atoms with Crippen molar-refractivity contribution in [3.63, 3.8) is 0 Å². The Morgan fingerprint density at radius 1 is 1.17 bits per heavy atom. The van der Waals surface area contributed by atoms with Gasteiger partial charge in [-0.05, 0) is 18.8 Å². The van der Waals surface area contributed by atoms with Crippen molar-refractivity contribution < 1.29 is 4.48 Å². The van der Waals surface area contributed by atoms with Gasteiger partial charge in [0.05, 0.1) is 0 Å². The van der Waals surface area contributed by atoms with Crippen LogP contribution in [0.4, 0.5) is 4.48 Å². The maximum atomic E-state index is 12.6. The largest absolute Gasteiger partial charge is 0.146 e. The summed E-state index contributed by atoms with van der Waals surface area (Å²) in [7, 11) is 0. The summed E-state index contributed by atoms with van der Waals surface area (Å²) in [6, 6.07) is 0. The Bertz CT molecular complexity index is 83.9. The second-order valence-corrected chi connectivity index (χ2v) is 3.18. The van der Waals surface area contributed by atoms with Crippen molar-refractivity contribution in [3.8, 4) is 0 Å². The summed E-state index contributed by atoms with van der Waals surface area (Å²) in [6.07, 6.45) is 0. The lowest BCUT2D eigenvalue weighted by Gasteiger charge is -2.18. The van der Waals surface area contributed by atoms with E-state index in [1.807, 2.05) is 20.8 Å². The molecule has 1 atom stereocenters. The summed E-state index contributed by atoms with van der Waals surface area (Å²) in [5.41, 5.74) is 0. The first kappa shape index (κ1) is 14.4. The molecule has 0 fully saturated rings. The van der Waals surface area contributed by atoms with E-state index in [-0.39, 0.29) is 0 Å².